The largest absolute Gasteiger partial charge is 0.460 e. The lowest BCUT2D eigenvalue weighted by Gasteiger charge is -2.06. The van der Waals surface area contributed by atoms with Crippen LogP contribution in [0, 0.1) is 11.3 Å². The first-order valence-corrected chi connectivity index (χ1v) is 7.03. The average molecular weight is 300 g/mol. The zero-order valence-electron chi connectivity index (χ0n) is 11.0. The molecule has 0 bridgehead atoms. The number of nitriles is 1. The summed E-state index contributed by atoms with van der Waals surface area (Å²) in [5.74, 6) is -0.823. The van der Waals surface area contributed by atoms with Crippen molar-refractivity contribution in [3.63, 3.8) is 0 Å². The smallest absolute Gasteiger partial charge is 0.325 e. The van der Waals surface area contributed by atoms with Gasteiger partial charge in [0.15, 0.2) is 0 Å². The third-order valence-electron chi connectivity index (χ3n) is 2.59. The number of hydrogen-bond acceptors (Lipinski definition) is 5. The molecule has 106 valence electrons. The molecule has 0 saturated heterocycles. The summed E-state index contributed by atoms with van der Waals surface area (Å²) in [7, 11) is 0. The van der Waals surface area contributed by atoms with Crippen molar-refractivity contribution >= 4 is 23.2 Å². The summed E-state index contributed by atoms with van der Waals surface area (Å²) >= 11 is 1.30. The minimum atomic E-state index is -0.526. The second-order valence-corrected chi connectivity index (χ2v) is 5.08. The van der Waals surface area contributed by atoms with Gasteiger partial charge < -0.3 is 10.1 Å². The Morgan fingerprint density at radius 2 is 2.14 bits per heavy atom. The number of nitrogens with zero attached hydrogens (tertiary/aromatic N) is 1. The number of hydrogen-bond donors (Lipinski definition) is 1. The van der Waals surface area contributed by atoms with E-state index >= 15 is 0 Å². The second kappa shape index (κ2) is 7.22. The normalized spacial score (nSPS) is 9.67. The Kier molecular flexibility index (Phi) is 5.07. The molecule has 0 radical (unpaired) electrons. The molecule has 1 N–H and O–H groups in total. The van der Waals surface area contributed by atoms with Crippen LogP contribution in [0.2, 0.25) is 0 Å². The second-order valence-electron chi connectivity index (χ2n) is 4.13. The van der Waals surface area contributed by atoms with Crippen molar-refractivity contribution < 1.29 is 14.3 Å². The fraction of sp³-hybridized carbons (Fsp3) is 0.133. The van der Waals surface area contributed by atoms with Crippen LogP contribution in [0.5, 0.6) is 0 Å². The van der Waals surface area contributed by atoms with Crippen LogP contribution in [0.15, 0.2) is 41.8 Å². The molecular formula is C15H12N2O3S. The van der Waals surface area contributed by atoms with Gasteiger partial charge in [-0.1, -0.05) is 18.2 Å². The zero-order chi connectivity index (χ0) is 15.1. The number of rotatable bonds is 5. The van der Waals surface area contributed by atoms with Crippen LogP contribution in [-0.2, 0) is 16.1 Å². The van der Waals surface area contributed by atoms with Gasteiger partial charge in [-0.3, -0.25) is 9.59 Å². The van der Waals surface area contributed by atoms with Gasteiger partial charge in [-0.05, 0) is 29.1 Å². The highest BCUT2D eigenvalue weighted by atomic mass is 32.1. The van der Waals surface area contributed by atoms with E-state index in [4.69, 9.17) is 10.00 Å². The summed E-state index contributed by atoms with van der Waals surface area (Å²) in [4.78, 5) is 23.7. The summed E-state index contributed by atoms with van der Waals surface area (Å²) in [6, 6.07) is 12.3. The standard InChI is InChI=1S/C15H12N2O3S/c16-8-11-3-1-4-12(7-11)10-20-14(18)9-17-15(19)13-5-2-6-21-13/h1-7H,9-10H2,(H,17,19). The molecule has 0 aliphatic heterocycles. The lowest BCUT2D eigenvalue weighted by atomic mass is 10.1. The number of carbonyl (C=O) groups excluding carboxylic acids is 2. The molecule has 1 heterocycles. The van der Waals surface area contributed by atoms with Crippen LogP contribution in [-0.4, -0.2) is 18.4 Å². The Morgan fingerprint density at radius 1 is 1.29 bits per heavy atom. The van der Waals surface area contributed by atoms with Crippen LogP contribution in [0.4, 0.5) is 0 Å². The first-order valence-electron chi connectivity index (χ1n) is 6.15. The molecule has 0 saturated carbocycles. The molecule has 5 nitrogen and oxygen atoms in total. The van der Waals surface area contributed by atoms with E-state index in [0.29, 0.717) is 10.4 Å². The monoisotopic (exact) mass is 300 g/mol. The molecule has 1 amide bonds. The molecule has 0 atom stereocenters. The topological polar surface area (TPSA) is 79.2 Å². The maximum atomic E-state index is 11.6. The van der Waals surface area contributed by atoms with Crippen LogP contribution < -0.4 is 5.32 Å². The van der Waals surface area contributed by atoms with E-state index in [0.717, 1.165) is 5.56 Å². The molecular weight excluding hydrogens is 288 g/mol. The van der Waals surface area contributed by atoms with Crippen molar-refractivity contribution in [1.82, 2.24) is 5.32 Å². The van der Waals surface area contributed by atoms with Crippen LogP contribution >= 0.6 is 11.3 Å². The number of carbonyl (C=O) groups is 2. The highest BCUT2D eigenvalue weighted by Crippen LogP contribution is 2.08. The molecule has 0 unspecified atom stereocenters. The molecule has 0 aliphatic rings. The minimum Gasteiger partial charge on any atom is -0.460 e. The molecule has 2 aromatic rings. The zero-order valence-corrected chi connectivity index (χ0v) is 11.9. The number of benzene rings is 1. The van der Waals surface area contributed by atoms with E-state index in [9.17, 15) is 9.59 Å². The Morgan fingerprint density at radius 3 is 2.86 bits per heavy atom. The summed E-state index contributed by atoms with van der Waals surface area (Å²) in [6.45, 7) is -0.113. The molecule has 1 aromatic heterocycles. The Bertz CT molecular complexity index is 674. The van der Waals surface area contributed by atoms with Gasteiger partial charge in [0, 0.05) is 0 Å². The van der Waals surface area contributed by atoms with Gasteiger partial charge in [-0.25, -0.2) is 0 Å². The van der Waals surface area contributed by atoms with Crippen LogP contribution in [0.25, 0.3) is 0 Å². The van der Waals surface area contributed by atoms with Gasteiger partial charge in [0.1, 0.15) is 13.2 Å². The SMILES string of the molecule is N#Cc1cccc(COC(=O)CNC(=O)c2cccs2)c1. The highest BCUT2D eigenvalue weighted by molar-refractivity contribution is 7.12. The summed E-state index contributed by atoms with van der Waals surface area (Å²) in [5.41, 5.74) is 1.24. The van der Waals surface area contributed by atoms with E-state index in [1.165, 1.54) is 11.3 Å². The lowest BCUT2D eigenvalue weighted by Crippen LogP contribution is -2.30. The highest BCUT2D eigenvalue weighted by Gasteiger charge is 2.09. The van der Waals surface area contributed by atoms with Crippen molar-refractivity contribution in [1.29, 1.82) is 5.26 Å². The van der Waals surface area contributed by atoms with Crippen LogP contribution in [0.1, 0.15) is 20.8 Å². The summed E-state index contributed by atoms with van der Waals surface area (Å²) < 4.78 is 5.04. The predicted octanol–water partition coefficient (Wildman–Crippen LogP) is 2.09. The van der Waals surface area contributed by atoms with Gasteiger partial charge in [0.05, 0.1) is 16.5 Å². The fourth-order valence-corrected chi connectivity index (χ4v) is 2.23. The maximum absolute atomic E-state index is 11.6. The lowest BCUT2D eigenvalue weighted by molar-refractivity contribution is -0.143. The van der Waals surface area contributed by atoms with Gasteiger partial charge >= 0.3 is 5.97 Å². The minimum absolute atomic E-state index is 0.0726. The van der Waals surface area contributed by atoms with Gasteiger partial charge in [-0.15, -0.1) is 11.3 Å². The molecule has 1 aromatic carbocycles. The average Bonchev–Trinajstić information content (AvgIpc) is 3.05. The van der Waals surface area contributed by atoms with Crippen molar-refractivity contribution in [2.45, 2.75) is 6.61 Å². The number of ether oxygens (including phenoxy) is 1. The van der Waals surface area contributed by atoms with Crippen LogP contribution in [0.3, 0.4) is 0 Å². The van der Waals surface area contributed by atoms with Crippen molar-refractivity contribution in [2.75, 3.05) is 6.54 Å². The van der Waals surface area contributed by atoms with E-state index in [1.54, 1.807) is 41.8 Å². The molecule has 21 heavy (non-hydrogen) atoms. The van der Waals surface area contributed by atoms with E-state index in [2.05, 4.69) is 5.32 Å². The number of nitrogens with one attached hydrogen (secondary N) is 1. The predicted molar refractivity (Wildman–Crippen MR) is 77.6 cm³/mol. The summed E-state index contributed by atoms with van der Waals surface area (Å²) in [5, 5.41) is 13.0. The Labute approximate surface area is 125 Å². The molecule has 2 rings (SSSR count). The fourth-order valence-electron chi connectivity index (χ4n) is 1.59. The van der Waals surface area contributed by atoms with Gasteiger partial charge in [0.2, 0.25) is 0 Å². The number of thiophene rings is 1. The quantitative estimate of drug-likeness (QED) is 0.858. The van der Waals surface area contributed by atoms with Crippen molar-refractivity contribution in [2.24, 2.45) is 0 Å². The first kappa shape index (κ1) is 14.8. The van der Waals surface area contributed by atoms with E-state index in [-0.39, 0.29) is 19.1 Å². The van der Waals surface area contributed by atoms with Crippen molar-refractivity contribution in [3.05, 3.63) is 57.8 Å². The molecule has 0 fully saturated rings. The Balaban J connectivity index is 1.77. The maximum Gasteiger partial charge on any atom is 0.325 e. The van der Waals surface area contributed by atoms with Gasteiger partial charge in [-0.2, -0.15) is 5.26 Å². The first-order chi connectivity index (χ1) is 10.2. The van der Waals surface area contributed by atoms with Gasteiger partial charge in [0.25, 0.3) is 5.91 Å². The van der Waals surface area contributed by atoms with Crippen molar-refractivity contribution in [3.8, 4) is 6.07 Å². The summed E-state index contributed by atoms with van der Waals surface area (Å²) in [6.07, 6.45) is 0. The Hall–Kier alpha value is -2.65. The number of esters is 1. The third kappa shape index (κ3) is 4.44. The molecule has 6 heteroatoms. The van der Waals surface area contributed by atoms with E-state index < -0.39 is 5.97 Å². The third-order valence-corrected chi connectivity index (χ3v) is 3.46. The van der Waals surface area contributed by atoms with E-state index in [1.807, 2.05) is 6.07 Å². The number of amides is 1. The molecule has 0 aliphatic carbocycles. The molecule has 0 spiro atoms.